The molecule has 0 aliphatic rings. The molecular weight excluding hydrogens is 274 g/mol. The third kappa shape index (κ3) is 20.9. The summed E-state index contributed by atoms with van der Waals surface area (Å²) < 4.78 is 1.12. The first kappa shape index (κ1) is 21.8. The molecule has 0 amide bonds. The van der Waals surface area contributed by atoms with Crippen LogP contribution in [0.1, 0.15) is 84.0 Å². The molecule has 0 aromatic heterocycles. The van der Waals surface area contributed by atoms with E-state index in [1.807, 2.05) is 0 Å². The Kier molecular flexibility index (Phi) is 17.1. The van der Waals surface area contributed by atoms with Crippen LogP contribution in [0.4, 0.5) is 0 Å². The second kappa shape index (κ2) is 14.9. The van der Waals surface area contributed by atoms with Gasteiger partial charge >= 0.3 is 0 Å². The van der Waals surface area contributed by atoms with Crippen LogP contribution in [-0.2, 0) is 17.1 Å². The van der Waals surface area contributed by atoms with E-state index in [-0.39, 0.29) is 17.1 Å². The maximum atomic E-state index is 2.29. The molecule has 0 radical (unpaired) electrons. The summed E-state index contributed by atoms with van der Waals surface area (Å²) in [6, 6.07) is 0. The van der Waals surface area contributed by atoms with Crippen molar-refractivity contribution in [1.82, 2.24) is 0 Å². The Bertz CT molecular complexity index is 163. The smallest absolute Gasteiger partial charge is 0.0780 e. The monoisotopic (exact) mass is 312 g/mol. The van der Waals surface area contributed by atoms with Crippen LogP contribution in [-0.4, -0.2) is 32.2 Å². The molecule has 118 valence electrons. The van der Waals surface area contributed by atoms with E-state index in [0.29, 0.717) is 0 Å². The van der Waals surface area contributed by atoms with Gasteiger partial charge in [0.1, 0.15) is 0 Å². The number of quaternary nitrogens is 1. The first-order valence-electron chi connectivity index (χ1n) is 8.36. The Morgan fingerprint density at radius 1 is 0.526 bits per heavy atom. The molecule has 0 aromatic carbocycles. The Hall–Kier alpha value is 0.479. The molecule has 0 heterocycles. The van der Waals surface area contributed by atoms with Crippen LogP contribution < -0.4 is 0 Å². The fourth-order valence-electron chi connectivity index (χ4n) is 2.43. The van der Waals surface area contributed by atoms with Crippen molar-refractivity contribution in [3.63, 3.8) is 0 Å². The topological polar surface area (TPSA) is 0 Å². The van der Waals surface area contributed by atoms with Crippen molar-refractivity contribution in [2.75, 3.05) is 27.7 Å². The SMILES string of the molecule is CCCCCCCCCCCCCC[N+](C)(C)C.[Fe]. The van der Waals surface area contributed by atoms with Crippen molar-refractivity contribution in [2.45, 2.75) is 84.0 Å². The summed E-state index contributed by atoms with van der Waals surface area (Å²) in [5.74, 6) is 0. The van der Waals surface area contributed by atoms with Gasteiger partial charge in [-0.15, -0.1) is 0 Å². The molecular formula is C17H38FeN+. The van der Waals surface area contributed by atoms with Gasteiger partial charge in [-0.2, -0.15) is 0 Å². The van der Waals surface area contributed by atoms with Crippen LogP contribution in [0.5, 0.6) is 0 Å². The average Bonchev–Trinajstić information content (AvgIpc) is 2.29. The largest absolute Gasteiger partial charge is 0.331 e. The summed E-state index contributed by atoms with van der Waals surface area (Å²) in [5.41, 5.74) is 0. The fraction of sp³-hybridized carbons (Fsp3) is 1.00. The predicted octanol–water partition coefficient (Wildman–Crippen LogP) is 5.39. The third-order valence-electron chi connectivity index (χ3n) is 3.68. The summed E-state index contributed by atoms with van der Waals surface area (Å²) in [4.78, 5) is 0. The summed E-state index contributed by atoms with van der Waals surface area (Å²) in [5, 5.41) is 0. The van der Waals surface area contributed by atoms with Crippen molar-refractivity contribution in [2.24, 2.45) is 0 Å². The molecule has 0 unspecified atom stereocenters. The van der Waals surface area contributed by atoms with Gasteiger partial charge in [0, 0.05) is 17.1 Å². The number of rotatable bonds is 13. The van der Waals surface area contributed by atoms with E-state index in [1.165, 1.54) is 83.6 Å². The maximum Gasteiger partial charge on any atom is 0.0780 e. The molecule has 0 aliphatic heterocycles. The zero-order valence-corrected chi connectivity index (χ0v) is 15.1. The van der Waals surface area contributed by atoms with Gasteiger partial charge in [-0.3, -0.25) is 0 Å². The molecule has 0 aliphatic carbocycles. The number of nitrogens with zero attached hydrogens (tertiary/aromatic N) is 1. The van der Waals surface area contributed by atoms with E-state index in [0.717, 1.165) is 4.48 Å². The van der Waals surface area contributed by atoms with Crippen LogP contribution in [0.2, 0.25) is 0 Å². The van der Waals surface area contributed by atoms with Gasteiger partial charge in [0.05, 0.1) is 27.7 Å². The average molecular weight is 312 g/mol. The van der Waals surface area contributed by atoms with Gasteiger partial charge < -0.3 is 4.48 Å². The Balaban J connectivity index is 0. The van der Waals surface area contributed by atoms with Gasteiger partial charge in [-0.25, -0.2) is 0 Å². The summed E-state index contributed by atoms with van der Waals surface area (Å²) in [6.45, 7) is 3.62. The first-order chi connectivity index (χ1) is 8.56. The van der Waals surface area contributed by atoms with E-state index in [2.05, 4.69) is 28.1 Å². The minimum Gasteiger partial charge on any atom is -0.331 e. The number of hydrogen-bond acceptors (Lipinski definition) is 0. The second-order valence-corrected chi connectivity index (χ2v) is 6.90. The summed E-state index contributed by atoms with van der Waals surface area (Å²) >= 11 is 0. The van der Waals surface area contributed by atoms with E-state index >= 15 is 0 Å². The van der Waals surface area contributed by atoms with Crippen molar-refractivity contribution in [3.05, 3.63) is 0 Å². The van der Waals surface area contributed by atoms with Crippen LogP contribution in [0, 0.1) is 0 Å². The molecule has 0 saturated heterocycles. The molecule has 0 fully saturated rings. The Morgan fingerprint density at radius 2 is 0.842 bits per heavy atom. The van der Waals surface area contributed by atoms with Crippen LogP contribution in [0.25, 0.3) is 0 Å². The standard InChI is InChI=1S/C17H38N.Fe/c1-5-6-7-8-9-10-11-12-13-14-15-16-17-18(2,3)4;/h5-17H2,1-4H3;/q+1;. The fourth-order valence-corrected chi connectivity index (χ4v) is 2.43. The van der Waals surface area contributed by atoms with E-state index in [1.54, 1.807) is 0 Å². The maximum absolute atomic E-state index is 2.29. The van der Waals surface area contributed by atoms with E-state index < -0.39 is 0 Å². The molecule has 0 atom stereocenters. The second-order valence-electron chi connectivity index (χ2n) is 6.90. The molecule has 19 heavy (non-hydrogen) atoms. The van der Waals surface area contributed by atoms with Crippen molar-refractivity contribution >= 4 is 0 Å². The van der Waals surface area contributed by atoms with Crippen LogP contribution in [0.3, 0.4) is 0 Å². The molecule has 0 spiro atoms. The van der Waals surface area contributed by atoms with Crippen molar-refractivity contribution < 1.29 is 21.6 Å². The molecule has 0 saturated carbocycles. The van der Waals surface area contributed by atoms with Gasteiger partial charge in [0.15, 0.2) is 0 Å². The van der Waals surface area contributed by atoms with Gasteiger partial charge in [-0.05, 0) is 12.8 Å². The minimum atomic E-state index is 0. The van der Waals surface area contributed by atoms with Crippen LogP contribution in [0.15, 0.2) is 0 Å². The molecule has 2 heteroatoms. The number of unbranched alkanes of at least 4 members (excludes halogenated alkanes) is 11. The summed E-state index contributed by atoms with van der Waals surface area (Å²) in [7, 11) is 6.87. The predicted molar refractivity (Wildman–Crippen MR) is 84.0 cm³/mol. The minimum absolute atomic E-state index is 0. The zero-order valence-electron chi connectivity index (χ0n) is 14.0. The quantitative estimate of drug-likeness (QED) is 0.243. The molecule has 0 bridgehead atoms. The third-order valence-corrected chi connectivity index (χ3v) is 3.68. The molecule has 0 rings (SSSR count). The van der Waals surface area contributed by atoms with E-state index in [4.69, 9.17) is 0 Å². The normalized spacial score (nSPS) is 11.4. The van der Waals surface area contributed by atoms with Gasteiger partial charge in [0.25, 0.3) is 0 Å². The first-order valence-corrected chi connectivity index (χ1v) is 8.36. The zero-order chi connectivity index (χ0) is 13.7. The Morgan fingerprint density at radius 3 is 1.16 bits per heavy atom. The van der Waals surface area contributed by atoms with Gasteiger partial charge in [0.2, 0.25) is 0 Å². The van der Waals surface area contributed by atoms with E-state index in [9.17, 15) is 0 Å². The van der Waals surface area contributed by atoms with Crippen molar-refractivity contribution in [3.8, 4) is 0 Å². The molecule has 1 nitrogen and oxygen atoms in total. The summed E-state index contributed by atoms with van der Waals surface area (Å²) in [6.07, 6.45) is 17.4. The molecule has 0 aromatic rings. The molecule has 0 N–H and O–H groups in total. The van der Waals surface area contributed by atoms with Crippen LogP contribution >= 0.6 is 0 Å². The van der Waals surface area contributed by atoms with Crippen molar-refractivity contribution in [1.29, 1.82) is 0 Å². The Labute approximate surface area is 133 Å². The number of hydrogen-bond donors (Lipinski definition) is 0. The van der Waals surface area contributed by atoms with Gasteiger partial charge in [-0.1, -0.05) is 71.1 Å².